The quantitative estimate of drug-likeness (QED) is 0.781. The van der Waals surface area contributed by atoms with E-state index in [2.05, 4.69) is 0 Å². The first-order valence-electron chi connectivity index (χ1n) is 9.35. The Balaban J connectivity index is 1.99. The van der Waals surface area contributed by atoms with Crippen LogP contribution in [-0.4, -0.2) is 21.8 Å². The predicted molar refractivity (Wildman–Crippen MR) is 96.7 cm³/mol. The summed E-state index contributed by atoms with van der Waals surface area (Å²) in [6.07, 6.45) is 7.39. The third-order valence-corrected chi connectivity index (χ3v) is 5.72. The van der Waals surface area contributed by atoms with E-state index in [0.717, 1.165) is 36.8 Å². The maximum Gasteiger partial charge on any atom is 0.336 e. The van der Waals surface area contributed by atoms with Crippen LogP contribution < -0.4 is 0 Å². The fraction of sp³-hybridized carbons (Fsp3) is 0.571. The van der Waals surface area contributed by atoms with Gasteiger partial charge in [-0.1, -0.05) is 58.1 Å². The van der Waals surface area contributed by atoms with Crippen LogP contribution in [0.4, 0.5) is 0 Å². The summed E-state index contributed by atoms with van der Waals surface area (Å²) in [6.45, 7) is 3.95. The van der Waals surface area contributed by atoms with Crippen molar-refractivity contribution in [3.63, 3.8) is 0 Å². The van der Waals surface area contributed by atoms with Crippen molar-refractivity contribution in [2.24, 2.45) is 11.8 Å². The third-order valence-electron chi connectivity index (χ3n) is 5.72. The van der Waals surface area contributed by atoms with E-state index in [9.17, 15) is 15.0 Å². The molecule has 0 aromatic heterocycles. The van der Waals surface area contributed by atoms with Gasteiger partial charge in [0.15, 0.2) is 5.60 Å². The van der Waals surface area contributed by atoms with E-state index in [1.165, 1.54) is 6.42 Å². The summed E-state index contributed by atoms with van der Waals surface area (Å²) in [5, 5.41) is 21.3. The Kier molecular flexibility index (Phi) is 5.19. The number of aliphatic carboxylic acids is 1. The maximum absolute atomic E-state index is 12.2. The minimum Gasteiger partial charge on any atom is -0.479 e. The molecular weight excluding hydrogens is 316 g/mol. The molecule has 2 unspecified atom stereocenters. The minimum absolute atomic E-state index is 0.0225. The van der Waals surface area contributed by atoms with E-state index in [1.807, 2.05) is 38.1 Å². The fourth-order valence-electron chi connectivity index (χ4n) is 4.61. The largest absolute Gasteiger partial charge is 0.479 e. The summed E-state index contributed by atoms with van der Waals surface area (Å²) in [5.74, 6) is -0.692. The zero-order valence-electron chi connectivity index (χ0n) is 15.1. The summed E-state index contributed by atoms with van der Waals surface area (Å²) >= 11 is 0. The SMILES string of the molecule is CC(C)C(c1ccc2cccoc1-2)C(O)(CC1CCCCC1)C(=O)O. The molecule has 136 valence electrons. The van der Waals surface area contributed by atoms with Gasteiger partial charge in [0, 0.05) is 17.0 Å². The van der Waals surface area contributed by atoms with Crippen molar-refractivity contribution in [2.75, 3.05) is 0 Å². The van der Waals surface area contributed by atoms with Gasteiger partial charge in [0.2, 0.25) is 0 Å². The molecule has 1 aliphatic heterocycles. The summed E-state index contributed by atoms with van der Waals surface area (Å²) in [6, 6.07) is 7.61. The monoisotopic (exact) mass is 344 g/mol. The summed E-state index contributed by atoms with van der Waals surface area (Å²) < 4.78 is 5.67. The molecule has 1 fully saturated rings. The lowest BCUT2D eigenvalue weighted by Crippen LogP contribution is -2.48. The third kappa shape index (κ3) is 3.45. The number of carbonyl (C=O) groups is 1. The molecule has 0 saturated heterocycles. The molecule has 3 rings (SSSR count). The lowest BCUT2D eigenvalue weighted by atomic mass is 9.69. The summed E-state index contributed by atoms with van der Waals surface area (Å²) in [7, 11) is 0. The zero-order chi connectivity index (χ0) is 18.0. The average Bonchev–Trinajstić information content (AvgIpc) is 2.99. The summed E-state index contributed by atoms with van der Waals surface area (Å²) in [5.41, 5.74) is -0.0390. The number of carboxylic acid groups (broad SMARTS) is 1. The van der Waals surface area contributed by atoms with Gasteiger partial charge in [0.05, 0.1) is 6.26 Å². The van der Waals surface area contributed by atoms with Crippen LogP contribution in [-0.2, 0) is 4.79 Å². The molecule has 1 heterocycles. The van der Waals surface area contributed by atoms with Crippen LogP contribution in [0.25, 0.3) is 11.3 Å². The molecule has 25 heavy (non-hydrogen) atoms. The van der Waals surface area contributed by atoms with Gasteiger partial charge >= 0.3 is 5.97 Å². The van der Waals surface area contributed by atoms with Gasteiger partial charge in [0.25, 0.3) is 0 Å². The number of carboxylic acids is 1. The van der Waals surface area contributed by atoms with Gasteiger partial charge in [-0.3, -0.25) is 0 Å². The van der Waals surface area contributed by atoms with Gasteiger partial charge in [-0.2, -0.15) is 0 Å². The first kappa shape index (κ1) is 18.0. The highest BCUT2D eigenvalue weighted by molar-refractivity contribution is 5.80. The molecule has 0 bridgehead atoms. The fourth-order valence-corrected chi connectivity index (χ4v) is 4.61. The standard InChI is InChI=1S/C21H28O4/c1-14(2)18(17-11-10-16-9-6-12-25-19(16)17)21(24,20(22)23)13-15-7-4-3-5-8-15/h6,9-12,14-15,18,24H,3-5,7-8,13H2,1-2H3,(H,22,23). The number of fused-ring (bicyclic) bond motifs is 1. The van der Waals surface area contributed by atoms with E-state index in [1.54, 1.807) is 6.26 Å². The molecule has 0 spiro atoms. The van der Waals surface area contributed by atoms with Gasteiger partial charge in [-0.15, -0.1) is 0 Å². The highest BCUT2D eigenvalue weighted by Crippen LogP contribution is 2.46. The Morgan fingerprint density at radius 3 is 2.60 bits per heavy atom. The molecule has 1 saturated carbocycles. The summed E-state index contributed by atoms with van der Waals surface area (Å²) in [4.78, 5) is 12.2. The van der Waals surface area contributed by atoms with Crippen LogP contribution in [0.2, 0.25) is 0 Å². The van der Waals surface area contributed by atoms with Crippen molar-refractivity contribution in [1.82, 2.24) is 0 Å². The van der Waals surface area contributed by atoms with E-state index in [-0.39, 0.29) is 11.8 Å². The second-order valence-electron chi connectivity index (χ2n) is 7.85. The van der Waals surface area contributed by atoms with Crippen LogP contribution in [0.15, 0.2) is 34.9 Å². The van der Waals surface area contributed by atoms with Crippen molar-refractivity contribution in [3.8, 4) is 11.3 Å². The van der Waals surface area contributed by atoms with Gasteiger partial charge < -0.3 is 14.6 Å². The minimum atomic E-state index is -1.77. The van der Waals surface area contributed by atoms with E-state index < -0.39 is 17.5 Å². The Labute approximate surface area is 149 Å². The molecule has 0 amide bonds. The lowest BCUT2D eigenvalue weighted by molar-refractivity contribution is -0.165. The molecule has 2 atom stereocenters. The molecule has 2 N–H and O–H groups in total. The van der Waals surface area contributed by atoms with Crippen LogP contribution in [0.1, 0.15) is 63.9 Å². The molecule has 0 aromatic rings. The van der Waals surface area contributed by atoms with E-state index in [0.29, 0.717) is 12.2 Å². The Morgan fingerprint density at radius 2 is 1.96 bits per heavy atom. The van der Waals surface area contributed by atoms with Gasteiger partial charge in [-0.25, -0.2) is 4.79 Å². The smallest absolute Gasteiger partial charge is 0.336 e. The maximum atomic E-state index is 12.2. The first-order chi connectivity index (χ1) is 11.9. The molecule has 0 aromatic carbocycles. The number of aliphatic hydroxyl groups is 1. The van der Waals surface area contributed by atoms with E-state index in [4.69, 9.17) is 4.42 Å². The first-order valence-corrected chi connectivity index (χ1v) is 9.35. The van der Waals surface area contributed by atoms with Crippen LogP contribution >= 0.6 is 0 Å². The van der Waals surface area contributed by atoms with Crippen molar-refractivity contribution >= 4 is 5.97 Å². The highest BCUT2D eigenvalue weighted by Gasteiger charge is 2.49. The highest BCUT2D eigenvalue weighted by atomic mass is 16.4. The van der Waals surface area contributed by atoms with Crippen LogP contribution in [0.3, 0.4) is 0 Å². The van der Waals surface area contributed by atoms with Crippen LogP contribution in [0, 0.1) is 11.8 Å². The number of hydrogen-bond donors (Lipinski definition) is 2. The zero-order valence-corrected chi connectivity index (χ0v) is 15.1. The lowest BCUT2D eigenvalue weighted by Gasteiger charge is -2.38. The van der Waals surface area contributed by atoms with Gasteiger partial charge in [0.1, 0.15) is 5.76 Å². The normalized spacial score (nSPS) is 19.8. The Bertz CT molecular complexity index is 683. The average molecular weight is 344 g/mol. The molecule has 0 radical (unpaired) electrons. The second-order valence-corrected chi connectivity index (χ2v) is 7.85. The van der Waals surface area contributed by atoms with Crippen molar-refractivity contribution < 1.29 is 19.4 Å². The molecular formula is C21H28O4. The Morgan fingerprint density at radius 1 is 1.24 bits per heavy atom. The molecule has 4 nitrogen and oxygen atoms in total. The van der Waals surface area contributed by atoms with E-state index >= 15 is 0 Å². The number of hydrogen-bond acceptors (Lipinski definition) is 3. The van der Waals surface area contributed by atoms with Crippen molar-refractivity contribution in [3.05, 3.63) is 36.1 Å². The molecule has 2 aliphatic carbocycles. The Hall–Kier alpha value is -1.81. The topological polar surface area (TPSA) is 70.7 Å². The second kappa shape index (κ2) is 7.20. The van der Waals surface area contributed by atoms with Crippen LogP contribution in [0.5, 0.6) is 0 Å². The van der Waals surface area contributed by atoms with Gasteiger partial charge in [-0.05, 0) is 30.4 Å². The van der Waals surface area contributed by atoms with Crippen molar-refractivity contribution in [2.45, 2.75) is 63.9 Å². The van der Waals surface area contributed by atoms with Crippen molar-refractivity contribution in [1.29, 1.82) is 0 Å². The predicted octanol–water partition coefficient (Wildman–Crippen LogP) is 4.91. The molecule has 3 aliphatic rings. The molecule has 4 heteroatoms. The number of rotatable bonds is 6.